The van der Waals surface area contributed by atoms with Crippen LogP contribution in [0.2, 0.25) is 0 Å². The van der Waals surface area contributed by atoms with Crippen molar-refractivity contribution < 1.29 is 22.8 Å². The molecule has 2 amide bonds. The maximum absolute atomic E-state index is 13.0. The monoisotopic (exact) mass is 408 g/mol. The van der Waals surface area contributed by atoms with Crippen molar-refractivity contribution in [2.75, 3.05) is 42.9 Å². The second-order valence-corrected chi connectivity index (χ2v) is 6.48. The van der Waals surface area contributed by atoms with Crippen LogP contribution in [0, 0.1) is 0 Å². The minimum atomic E-state index is -4.55. The van der Waals surface area contributed by atoms with Crippen molar-refractivity contribution in [1.82, 2.24) is 14.9 Å². The number of hydrogen-bond donors (Lipinski definition) is 2. The van der Waals surface area contributed by atoms with Crippen molar-refractivity contribution in [2.24, 2.45) is 5.73 Å². The SMILES string of the molecule is NC(=O)c1cncc(N2CCN(CC(=O)Nc3ccccc3C(F)(F)F)CC2)n1. The number of anilines is 2. The molecule has 2 aromatic rings. The summed E-state index contributed by atoms with van der Waals surface area (Å²) in [6, 6.07) is 4.86. The van der Waals surface area contributed by atoms with Crippen LogP contribution in [0.5, 0.6) is 0 Å². The summed E-state index contributed by atoms with van der Waals surface area (Å²) in [5.41, 5.74) is 4.12. The van der Waals surface area contributed by atoms with Gasteiger partial charge in [0, 0.05) is 26.2 Å². The molecule has 1 aromatic carbocycles. The largest absolute Gasteiger partial charge is 0.418 e. The molecule has 1 fully saturated rings. The number of hydrogen-bond acceptors (Lipinski definition) is 6. The quantitative estimate of drug-likeness (QED) is 0.774. The van der Waals surface area contributed by atoms with Gasteiger partial charge < -0.3 is 16.0 Å². The molecule has 11 heteroatoms. The van der Waals surface area contributed by atoms with Gasteiger partial charge in [-0.15, -0.1) is 0 Å². The molecule has 8 nitrogen and oxygen atoms in total. The van der Waals surface area contributed by atoms with Crippen molar-refractivity contribution in [3.05, 3.63) is 47.9 Å². The number of alkyl halides is 3. The van der Waals surface area contributed by atoms with E-state index < -0.39 is 23.6 Å². The van der Waals surface area contributed by atoms with Crippen LogP contribution in [0.15, 0.2) is 36.7 Å². The number of amides is 2. The predicted molar refractivity (Wildman–Crippen MR) is 99.3 cm³/mol. The minimum Gasteiger partial charge on any atom is -0.364 e. The van der Waals surface area contributed by atoms with Gasteiger partial charge in [-0.3, -0.25) is 19.5 Å². The zero-order valence-electron chi connectivity index (χ0n) is 15.3. The highest BCUT2D eigenvalue weighted by Crippen LogP contribution is 2.34. The van der Waals surface area contributed by atoms with Gasteiger partial charge in [0.2, 0.25) is 5.91 Å². The van der Waals surface area contributed by atoms with Crippen LogP contribution in [0.4, 0.5) is 24.7 Å². The summed E-state index contributed by atoms with van der Waals surface area (Å²) in [4.78, 5) is 35.3. The first-order valence-corrected chi connectivity index (χ1v) is 8.79. The van der Waals surface area contributed by atoms with Gasteiger partial charge in [0.05, 0.1) is 30.2 Å². The molecule has 0 atom stereocenters. The number of piperazine rings is 1. The lowest BCUT2D eigenvalue weighted by molar-refractivity contribution is -0.137. The smallest absolute Gasteiger partial charge is 0.364 e. The summed E-state index contributed by atoms with van der Waals surface area (Å²) in [5, 5.41) is 2.34. The molecule has 154 valence electrons. The molecule has 3 rings (SSSR count). The summed E-state index contributed by atoms with van der Waals surface area (Å²) in [7, 11) is 0. The van der Waals surface area contributed by atoms with E-state index in [1.807, 2.05) is 9.80 Å². The highest BCUT2D eigenvalue weighted by Gasteiger charge is 2.33. The number of primary amides is 1. The van der Waals surface area contributed by atoms with E-state index in [1.165, 1.54) is 30.6 Å². The van der Waals surface area contributed by atoms with Crippen LogP contribution >= 0.6 is 0 Å². The standard InChI is InChI=1S/C18H19F3N6O2/c19-18(20,21)12-3-1-2-4-13(12)25-16(28)11-26-5-7-27(8-6-26)15-10-23-9-14(24-15)17(22)29/h1-4,9-10H,5-8,11H2,(H2,22,29)(H,25,28). The van der Waals surface area contributed by atoms with Gasteiger partial charge in [-0.05, 0) is 12.1 Å². The molecule has 0 bridgehead atoms. The van der Waals surface area contributed by atoms with E-state index in [1.54, 1.807) is 0 Å². The van der Waals surface area contributed by atoms with Crippen molar-refractivity contribution in [3.63, 3.8) is 0 Å². The average molecular weight is 408 g/mol. The number of para-hydroxylation sites is 1. The number of rotatable bonds is 5. The fraction of sp³-hybridized carbons (Fsp3) is 0.333. The second kappa shape index (κ2) is 8.43. The van der Waals surface area contributed by atoms with Gasteiger partial charge in [-0.1, -0.05) is 12.1 Å². The van der Waals surface area contributed by atoms with E-state index in [-0.39, 0.29) is 17.9 Å². The maximum atomic E-state index is 13.0. The molecule has 1 aliphatic heterocycles. The molecular weight excluding hydrogens is 389 g/mol. The van der Waals surface area contributed by atoms with E-state index in [2.05, 4.69) is 15.3 Å². The van der Waals surface area contributed by atoms with Gasteiger partial charge in [0.15, 0.2) is 0 Å². The Bertz CT molecular complexity index is 897. The molecule has 0 unspecified atom stereocenters. The van der Waals surface area contributed by atoms with Gasteiger partial charge >= 0.3 is 6.18 Å². The summed E-state index contributed by atoms with van der Waals surface area (Å²) in [6.07, 6.45) is -1.75. The second-order valence-electron chi connectivity index (χ2n) is 6.48. The Labute approximate surface area is 164 Å². The van der Waals surface area contributed by atoms with Crippen molar-refractivity contribution in [2.45, 2.75) is 6.18 Å². The molecule has 1 aliphatic rings. The van der Waals surface area contributed by atoms with Gasteiger partial charge in [0.1, 0.15) is 11.5 Å². The van der Waals surface area contributed by atoms with Crippen LogP contribution in [0.1, 0.15) is 16.1 Å². The fourth-order valence-corrected chi connectivity index (χ4v) is 2.99. The van der Waals surface area contributed by atoms with Gasteiger partial charge in [-0.2, -0.15) is 13.2 Å². The number of halogens is 3. The predicted octanol–water partition coefficient (Wildman–Crippen LogP) is 1.35. The Morgan fingerprint density at radius 2 is 1.79 bits per heavy atom. The Morgan fingerprint density at radius 3 is 2.45 bits per heavy atom. The number of nitrogens with one attached hydrogen (secondary N) is 1. The molecule has 0 aliphatic carbocycles. The number of nitrogens with two attached hydrogens (primary N) is 1. The first-order chi connectivity index (χ1) is 13.7. The lowest BCUT2D eigenvalue weighted by Crippen LogP contribution is -2.49. The van der Waals surface area contributed by atoms with Crippen LogP contribution in [-0.2, 0) is 11.0 Å². The van der Waals surface area contributed by atoms with E-state index in [0.29, 0.717) is 32.0 Å². The zero-order chi connectivity index (χ0) is 21.0. The van der Waals surface area contributed by atoms with Crippen LogP contribution < -0.4 is 16.0 Å². The van der Waals surface area contributed by atoms with Gasteiger partial charge in [-0.25, -0.2) is 4.98 Å². The summed E-state index contributed by atoms with van der Waals surface area (Å²) >= 11 is 0. The average Bonchev–Trinajstić information content (AvgIpc) is 2.68. The van der Waals surface area contributed by atoms with Crippen molar-refractivity contribution in [3.8, 4) is 0 Å². The molecule has 1 saturated heterocycles. The van der Waals surface area contributed by atoms with Crippen LogP contribution in [0.3, 0.4) is 0 Å². The highest BCUT2D eigenvalue weighted by atomic mass is 19.4. The van der Waals surface area contributed by atoms with Crippen molar-refractivity contribution in [1.29, 1.82) is 0 Å². The molecular formula is C18H19F3N6O2. The normalized spacial score (nSPS) is 15.2. The third kappa shape index (κ3) is 5.19. The highest BCUT2D eigenvalue weighted by molar-refractivity contribution is 5.93. The Balaban J connectivity index is 1.56. The Hall–Kier alpha value is -3.21. The Kier molecular flexibility index (Phi) is 5.97. The summed E-state index contributed by atoms with van der Waals surface area (Å²) in [5.74, 6) is -0.691. The topological polar surface area (TPSA) is 104 Å². The minimum absolute atomic E-state index is 0.0347. The third-order valence-corrected chi connectivity index (χ3v) is 4.44. The lowest BCUT2D eigenvalue weighted by atomic mass is 10.1. The number of carbonyl (C=O) groups is 2. The first kappa shape index (κ1) is 20.5. The summed E-state index contributed by atoms with van der Waals surface area (Å²) < 4.78 is 39.1. The molecule has 0 saturated carbocycles. The summed E-state index contributed by atoms with van der Waals surface area (Å²) in [6.45, 7) is 1.99. The van der Waals surface area contributed by atoms with Crippen LogP contribution in [0.25, 0.3) is 0 Å². The first-order valence-electron chi connectivity index (χ1n) is 8.79. The van der Waals surface area contributed by atoms with Crippen LogP contribution in [-0.4, -0.2) is 59.4 Å². The van der Waals surface area contributed by atoms with E-state index in [9.17, 15) is 22.8 Å². The number of aromatic nitrogens is 2. The third-order valence-electron chi connectivity index (χ3n) is 4.44. The molecule has 3 N–H and O–H groups in total. The number of benzene rings is 1. The molecule has 29 heavy (non-hydrogen) atoms. The molecule has 0 spiro atoms. The maximum Gasteiger partial charge on any atom is 0.418 e. The van der Waals surface area contributed by atoms with Crippen molar-refractivity contribution >= 4 is 23.3 Å². The number of nitrogens with zero attached hydrogens (tertiary/aromatic N) is 4. The van der Waals surface area contributed by atoms with E-state index in [0.717, 1.165) is 6.07 Å². The van der Waals surface area contributed by atoms with E-state index in [4.69, 9.17) is 5.73 Å². The Morgan fingerprint density at radius 1 is 1.10 bits per heavy atom. The van der Waals surface area contributed by atoms with E-state index >= 15 is 0 Å². The zero-order valence-corrected chi connectivity index (χ0v) is 15.3. The molecule has 0 radical (unpaired) electrons. The molecule has 1 aromatic heterocycles. The lowest BCUT2D eigenvalue weighted by Gasteiger charge is -2.34. The fourth-order valence-electron chi connectivity index (χ4n) is 2.99. The van der Waals surface area contributed by atoms with Gasteiger partial charge in [0.25, 0.3) is 5.91 Å². The molecule has 2 heterocycles. The number of carbonyl (C=O) groups excluding carboxylic acids is 2.